The summed E-state index contributed by atoms with van der Waals surface area (Å²) in [6, 6.07) is 36.5. The zero-order valence-electron chi connectivity index (χ0n) is 91.4. The Kier molecular flexibility index (Phi) is 53.1. The molecule has 812 valence electrons. The number of ether oxygens (including phenoxy) is 6. The minimum atomic E-state index is -0.882. The van der Waals surface area contributed by atoms with E-state index in [1.807, 2.05) is 242 Å². The number of hydroxylamine groups is 4. The number of likely N-dealkylation sites (N-methyl/N-ethyl adjacent to an activating group) is 4. The molecule has 0 unspecified atom stereocenters. The molecule has 8 amide bonds. The van der Waals surface area contributed by atoms with Crippen LogP contribution in [0.5, 0.6) is 0 Å². The highest BCUT2D eigenvalue weighted by Crippen LogP contribution is 2.39. The van der Waals surface area contributed by atoms with Crippen LogP contribution < -0.4 is 0 Å². The largest absolute Gasteiger partial charge is 0.481 e. The van der Waals surface area contributed by atoms with E-state index in [1.54, 1.807) is 57.2 Å². The molecule has 0 radical (unpaired) electrons. The number of hydrogen-bond donors (Lipinski definition) is 2. The third-order valence-corrected chi connectivity index (χ3v) is 30.5. The van der Waals surface area contributed by atoms with E-state index in [2.05, 4.69) is 19.1 Å². The number of ketones is 4. The van der Waals surface area contributed by atoms with Crippen molar-refractivity contribution in [2.75, 3.05) is 89.4 Å². The number of likely N-dealkylation sites (tertiary alicyclic amines) is 2. The number of hydrogen-bond acceptors (Lipinski definition) is 25. The Morgan fingerprint density at radius 2 is 0.801 bits per heavy atom. The SMILES string of the molecule is CC[C@H](C)[C@@H]([C@@H](CC(=O)N1CCC[C@H]1[C@H](OC)[C@@H](C)C(=O)C[C@H](C(=O)OCc1ccccc1)[C@@H](C)c1ccccc1)OC)N(C)C(=O)[C@@H](CC(=O)[C@H](C(C)C)N(C)CCCC(=O)O)C(C)C.CC[C@H](C)[C@@H]([C@@H](CC(=O)N1CCC[C@H]1[C@H](OC)[C@@H](C)C(=O)C[C@H](COCc1ccccc1)[C@@H](C)c1ccccc1)OC)N(C)C(=O)[C@@H](CC(=O)[C@H](C(C)C)N(C)CCCC(=O)ON1C(=O)CCC1=O)C(C)C.O=C1CCC(=O)N1O. The van der Waals surface area contributed by atoms with E-state index in [1.165, 1.54) is 0 Å². The Balaban J connectivity index is 0.000000414. The Labute approximate surface area is 867 Å². The molecule has 32 nitrogen and oxygen atoms in total. The summed E-state index contributed by atoms with van der Waals surface area (Å²) in [5.41, 5.74) is 3.98. The van der Waals surface area contributed by atoms with Gasteiger partial charge in [-0.2, -0.15) is 5.06 Å². The van der Waals surface area contributed by atoms with Crippen molar-refractivity contribution in [2.45, 2.75) is 325 Å². The van der Waals surface area contributed by atoms with E-state index in [4.69, 9.17) is 43.6 Å². The molecule has 4 aromatic carbocycles. The molecule has 2 N–H and O–H groups in total. The summed E-state index contributed by atoms with van der Waals surface area (Å²) >= 11 is 0. The number of carbonyl (C=O) groups excluding carboxylic acids is 14. The van der Waals surface area contributed by atoms with Crippen LogP contribution in [-0.4, -0.2) is 288 Å². The standard InChI is InChI=1S/C57H86N4O11.C53H81N3O10.C4H5NO3/c1-13-39(6)55(59(10)57(68)45(37(2)3)33-48(63)54(38(4)5)58(9)30-21-27-53(67)72-61-50(64)28-29-51(61)65)49(69-11)34-52(66)60-31-20-26-46(60)56(70-12)41(8)47(62)32-44(40(7)43-24-18-15-19-25-43)36-71-35-42-22-16-14-17-23-42;1-13-36(6)50(55(10)52(62)41(34(2)3)30-45(58)49(35(4)5)54(9)28-21-27-48(60)61)46(64-11)32-47(59)56-29-20-26-43(56)51(65-12)38(8)44(57)31-42(37(7)40-24-18-15-19-25-40)53(63)66-33-39-22-16-14-17-23-39;6-3-1-2-4(7)5(3)8/h14-19,22-25,37-41,44-46,49,54-56H,13,20-21,26-36H2,1-12H3;14-19,22-25,34-38,41-43,46,49-51H,13,20-21,26-33H2,1-12H3,(H,60,61);8H,1-2H2/t39-,40-,41-,44+,45-,46-,49+,54-,55-,56+;36-,37-,38-,41-,42-,43-,46+,49-,50-,51+;/m00./s1. The fourth-order valence-electron chi connectivity index (χ4n) is 21.4. The number of Topliss-reactive ketones (excluding diaryl/α,β-unsaturated/α-hetero) is 4. The average Bonchev–Trinajstić information content (AvgIpc) is 1.45. The normalized spacial score (nSPS) is 18.7. The van der Waals surface area contributed by atoms with Crippen LogP contribution in [0.4, 0.5) is 0 Å². The molecule has 146 heavy (non-hydrogen) atoms. The summed E-state index contributed by atoms with van der Waals surface area (Å²) in [4.78, 5) is 213. The smallest absolute Gasteiger partial charge is 0.333 e. The number of esters is 1. The predicted molar refractivity (Wildman–Crippen MR) is 555 cm³/mol. The van der Waals surface area contributed by atoms with Crippen LogP contribution >= 0.6 is 0 Å². The number of nitrogens with zero attached hydrogens (tertiary/aromatic N) is 8. The second kappa shape index (κ2) is 62.3. The Bertz CT molecular complexity index is 4760. The monoisotopic (exact) mass is 2040 g/mol. The van der Waals surface area contributed by atoms with Gasteiger partial charge in [-0.05, 0) is 141 Å². The van der Waals surface area contributed by atoms with Crippen LogP contribution in [-0.2, 0) is 118 Å². The van der Waals surface area contributed by atoms with E-state index in [-0.39, 0.29) is 188 Å². The van der Waals surface area contributed by atoms with Crippen LogP contribution in [0.1, 0.15) is 273 Å². The van der Waals surface area contributed by atoms with Crippen LogP contribution in [0.25, 0.3) is 0 Å². The van der Waals surface area contributed by atoms with Crippen molar-refractivity contribution in [3.63, 3.8) is 0 Å². The van der Waals surface area contributed by atoms with E-state index < -0.39 is 126 Å². The summed E-state index contributed by atoms with van der Waals surface area (Å²) in [5.74, 6) is -9.20. The molecule has 20 atom stereocenters. The third kappa shape index (κ3) is 36.4. The van der Waals surface area contributed by atoms with Crippen molar-refractivity contribution >= 4 is 88.3 Å². The highest BCUT2D eigenvalue weighted by atomic mass is 16.7. The number of carboxylic acid groups (broad SMARTS) is 1. The van der Waals surface area contributed by atoms with Gasteiger partial charge < -0.3 is 58.0 Å². The molecule has 4 heterocycles. The molecule has 4 aliphatic rings. The predicted octanol–water partition coefficient (Wildman–Crippen LogP) is 15.7. The zero-order valence-corrected chi connectivity index (χ0v) is 91.4. The first-order chi connectivity index (χ1) is 69.2. The minimum Gasteiger partial charge on any atom is -0.481 e. The van der Waals surface area contributed by atoms with Gasteiger partial charge in [-0.15, -0.1) is 5.06 Å². The second-order valence-electron chi connectivity index (χ2n) is 42.0. The maximum atomic E-state index is 14.7. The van der Waals surface area contributed by atoms with Gasteiger partial charge in [-0.25, -0.2) is 4.79 Å². The van der Waals surface area contributed by atoms with Crippen molar-refractivity contribution in [1.29, 1.82) is 0 Å². The Morgan fingerprint density at radius 3 is 1.16 bits per heavy atom. The van der Waals surface area contributed by atoms with Crippen molar-refractivity contribution in [3.05, 3.63) is 144 Å². The van der Waals surface area contributed by atoms with Crippen LogP contribution in [0.15, 0.2) is 121 Å². The number of carbonyl (C=O) groups is 15. The quantitative estimate of drug-likeness (QED) is 0.0235. The van der Waals surface area contributed by atoms with Gasteiger partial charge in [-0.3, -0.25) is 82.1 Å². The number of benzene rings is 4. The van der Waals surface area contributed by atoms with Crippen molar-refractivity contribution in [1.82, 2.24) is 39.5 Å². The molecule has 8 rings (SSSR count). The first kappa shape index (κ1) is 124. The average molecular weight is 2040 g/mol. The van der Waals surface area contributed by atoms with Crippen LogP contribution in [0.3, 0.4) is 0 Å². The van der Waals surface area contributed by atoms with Gasteiger partial charge in [0.15, 0.2) is 11.6 Å². The van der Waals surface area contributed by atoms with Crippen molar-refractivity contribution in [2.24, 2.45) is 71.0 Å². The number of methoxy groups -OCH3 is 4. The van der Waals surface area contributed by atoms with E-state index in [0.29, 0.717) is 89.4 Å². The van der Waals surface area contributed by atoms with Crippen molar-refractivity contribution < 1.29 is 115 Å². The van der Waals surface area contributed by atoms with Crippen LogP contribution in [0.2, 0.25) is 0 Å². The summed E-state index contributed by atoms with van der Waals surface area (Å²) in [6.07, 6.45) is 2.99. The topological polar surface area (TPSA) is 387 Å². The molecular weight excluding hydrogens is 1870 g/mol. The van der Waals surface area contributed by atoms with E-state index in [0.717, 1.165) is 35.1 Å². The molecule has 0 aliphatic carbocycles. The van der Waals surface area contributed by atoms with Crippen molar-refractivity contribution in [3.8, 4) is 0 Å². The van der Waals surface area contributed by atoms with E-state index >= 15 is 0 Å². The Morgan fingerprint density at radius 1 is 0.432 bits per heavy atom. The summed E-state index contributed by atoms with van der Waals surface area (Å²) in [7, 11) is 13.4. The first-order valence-corrected chi connectivity index (χ1v) is 52.8. The third-order valence-electron chi connectivity index (χ3n) is 30.5. The zero-order chi connectivity index (χ0) is 109. The molecule has 0 aromatic heterocycles. The lowest BCUT2D eigenvalue weighted by molar-refractivity contribution is -0.197. The van der Waals surface area contributed by atoms with Gasteiger partial charge in [0.1, 0.15) is 18.2 Å². The lowest BCUT2D eigenvalue weighted by Crippen LogP contribution is -2.54. The van der Waals surface area contributed by atoms with Gasteiger partial charge in [0.25, 0.3) is 23.6 Å². The van der Waals surface area contributed by atoms with Crippen LogP contribution in [0, 0.1) is 71.0 Å². The maximum Gasteiger partial charge on any atom is 0.333 e. The summed E-state index contributed by atoms with van der Waals surface area (Å²) < 4.78 is 36.6. The highest BCUT2D eigenvalue weighted by Gasteiger charge is 2.48. The molecular formula is C114H172N8O24. The molecule has 4 aromatic rings. The first-order valence-electron chi connectivity index (χ1n) is 52.8. The number of aliphatic carboxylic acids is 1. The van der Waals surface area contributed by atoms with Gasteiger partial charge in [0.05, 0.1) is 92.6 Å². The lowest BCUT2D eigenvalue weighted by atomic mass is 9.80. The molecule has 4 fully saturated rings. The fraction of sp³-hybridized carbons (Fsp3) is 0.658. The molecule has 4 saturated heterocycles. The molecule has 32 heteroatoms. The molecule has 0 bridgehead atoms. The number of imide groups is 2. The molecule has 0 spiro atoms. The fourth-order valence-corrected chi connectivity index (χ4v) is 21.4. The minimum absolute atomic E-state index is 0.00352. The number of amides is 8. The number of carboxylic acids is 1. The summed E-state index contributed by atoms with van der Waals surface area (Å²) in [6.45, 7) is 34.3. The van der Waals surface area contributed by atoms with E-state index in [9.17, 15) is 71.9 Å². The lowest BCUT2D eigenvalue weighted by Gasteiger charge is -2.41. The summed E-state index contributed by atoms with van der Waals surface area (Å²) in [5, 5.41) is 18.3. The van der Waals surface area contributed by atoms with Gasteiger partial charge >= 0.3 is 17.9 Å². The van der Waals surface area contributed by atoms with Gasteiger partial charge in [-0.1, -0.05) is 245 Å². The number of rotatable bonds is 60. The van der Waals surface area contributed by atoms with Gasteiger partial charge in [0.2, 0.25) is 23.6 Å². The maximum absolute atomic E-state index is 14.7. The second-order valence-corrected chi connectivity index (χ2v) is 42.0. The highest BCUT2D eigenvalue weighted by molar-refractivity contribution is 6.02. The Hall–Kier alpha value is -10.2. The molecule has 4 aliphatic heterocycles. The van der Waals surface area contributed by atoms with Gasteiger partial charge in [0, 0.05) is 144 Å². The molecule has 0 saturated carbocycles.